The third kappa shape index (κ3) is 4.28. The molecule has 0 radical (unpaired) electrons. The van der Waals surface area contributed by atoms with Gasteiger partial charge in [0.15, 0.2) is 9.84 Å². The second-order valence-electron chi connectivity index (χ2n) is 5.59. The number of nitrogens with zero attached hydrogens (tertiary/aromatic N) is 1. The maximum Gasteiger partial charge on any atom is 0.306 e. The summed E-state index contributed by atoms with van der Waals surface area (Å²) >= 11 is 0. The van der Waals surface area contributed by atoms with Gasteiger partial charge in [-0.1, -0.05) is 17.7 Å². The fourth-order valence-electron chi connectivity index (χ4n) is 2.52. The number of carboxylic acids is 1. The highest BCUT2D eigenvalue weighted by Gasteiger charge is 2.25. The van der Waals surface area contributed by atoms with Crippen molar-refractivity contribution in [1.29, 1.82) is 0 Å². The van der Waals surface area contributed by atoms with Gasteiger partial charge < -0.3 is 10.0 Å². The fourth-order valence-corrected chi connectivity index (χ4v) is 3.80. The van der Waals surface area contributed by atoms with Crippen molar-refractivity contribution < 1.29 is 18.3 Å². The molecule has 6 heteroatoms. The van der Waals surface area contributed by atoms with Crippen molar-refractivity contribution in [3.63, 3.8) is 0 Å². The lowest BCUT2D eigenvalue weighted by atomic mass is 9.97. The fraction of sp³-hybridized carbons (Fsp3) is 0.533. The number of carbonyl (C=O) groups is 1. The maximum atomic E-state index is 12.2. The van der Waals surface area contributed by atoms with E-state index in [1.807, 2.05) is 11.8 Å². The second kappa shape index (κ2) is 6.58. The van der Waals surface area contributed by atoms with Crippen LogP contribution in [0, 0.1) is 12.8 Å². The van der Waals surface area contributed by atoms with Crippen LogP contribution >= 0.6 is 0 Å². The number of piperidine rings is 1. The number of benzene rings is 1. The molecule has 0 atom stereocenters. The molecule has 116 valence electrons. The van der Waals surface area contributed by atoms with Crippen LogP contribution in [0.4, 0.5) is 0 Å². The minimum Gasteiger partial charge on any atom is -0.481 e. The first-order chi connectivity index (χ1) is 9.88. The number of likely N-dealkylation sites (tertiary alicyclic amines) is 1. The molecule has 2 rings (SSSR count). The Hall–Kier alpha value is -1.40. The number of rotatable bonds is 5. The van der Waals surface area contributed by atoms with Crippen LogP contribution in [-0.2, 0) is 14.6 Å². The van der Waals surface area contributed by atoms with Crippen molar-refractivity contribution >= 4 is 15.8 Å². The van der Waals surface area contributed by atoms with E-state index in [9.17, 15) is 13.2 Å². The van der Waals surface area contributed by atoms with Gasteiger partial charge in [-0.25, -0.2) is 8.42 Å². The van der Waals surface area contributed by atoms with Gasteiger partial charge in [-0.3, -0.25) is 4.79 Å². The molecule has 0 aliphatic carbocycles. The minimum atomic E-state index is -3.26. The van der Waals surface area contributed by atoms with E-state index in [2.05, 4.69) is 0 Å². The summed E-state index contributed by atoms with van der Waals surface area (Å²) in [6, 6.07) is 6.87. The molecule has 0 aromatic heterocycles. The van der Waals surface area contributed by atoms with Crippen LogP contribution in [0.1, 0.15) is 18.4 Å². The Balaban J connectivity index is 1.88. The van der Waals surface area contributed by atoms with Gasteiger partial charge in [-0.15, -0.1) is 0 Å². The van der Waals surface area contributed by atoms with Gasteiger partial charge in [0.05, 0.1) is 16.6 Å². The summed E-state index contributed by atoms with van der Waals surface area (Å²) in [5.41, 5.74) is 1.03. The number of hydrogen-bond donors (Lipinski definition) is 1. The topological polar surface area (TPSA) is 74.7 Å². The van der Waals surface area contributed by atoms with Crippen LogP contribution in [0.25, 0.3) is 0 Å². The lowest BCUT2D eigenvalue weighted by Gasteiger charge is -2.29. The van der Waals surface area contributed by atoms with E-state index in [0.29, 0.717) is 37.4 Å². The molecule has 1 heterocycles. The normalized spacial score (nSPS) is 17.8. The zero-order valence-electron chi connectivity index (χ0n) is 12.2. The standard InChI is InChI=1S/C15H21NO4S/c1-12-2-4-14(5-3-12)21(19,20)11-10-16-8-6-13(7-9-16)15(17)18/h2-5,13H,6-11H2,1H3,(H,17,18). The molecule has 0 unspecified atom stereocenters. The lowest BCUT2D eigenvalue weighted by molar-refractivity contribution is -0.143. The maximum absolute atomic E-state index is 12.2. The van der Waals surface area contributed by atoms with Gasteiger partial charge in [-0.2, -0.15) is 0 Å². The van der Waals surface area contributed by atoms with Crippen molar-refractivity contribution in [3.8, 4) is 0 Å². The molecule has 0 spiro atoms. The first kappa shape index (κ1) is 16.0. The molecule has 1 N–H and O–H groups in total. The van der Waals surface area contributed by atoms with Gasteiger partial charge in [0.2, 0.25) is 0 Å². The van der Waals surface area contributed by atoms with Crippen molar-refractivity contribution in [2.24, 2.45) is 5.92 Å². The number of carboxylic acid groups (broad SMARTS) is 1. The lowest BCUT2D eigenvalue weighted by Crippen LogP contribution is -2.38. The molecular formula is C15H21NO4S. The number of sulfone groups is 1. The van der Waals surface area contributed by atoms with E-state index in [0.717, 1.165) is 5.56 Å². The summed E-state index contributed by atoms with van der Waals surface area (Å²) in [7, 11) is -3.26. The molecule has 21 heavy (non-hydrogen) atoms. The SMILES string of the molecule is Cc1ccc(S(=O)(=O)CCN2CCC(C(=O)O)CC2)cc1. The molecule has 1 aliphatic rings. The predicted octanol–water partition coefficient (Wildman–Crippen LogP) is 1.57. The van der Waals surface area contributed by atoms with Crippen LogP contribution < -0.4 is 0 Å². The quantitative estimate of drug-likeness (QED) is 0.893. The predicted molar refractivity (Wildman–Crippen MR) is 80.0 cm³/mol. The van der Waals surface area contributed by atoms with Crippen LogP contribution in [0.15, 0.2) is 29.2 Å². The van der Waals surface area contributed by atoms with Crippen molar-refractivity contribution in [1.82, 2.24) is 4.90 Å². The van der Waals surface area contributed by atoms with Crippen molar-refractivity contribution in [2.45, 2.75) is 24.7 Å². The highest BCUT2D eigenvalue weighted by Crippen LogP contribution is 2.18. The Kier molecular flexibility index (Phi) is 5.00. The minimum absolute atomic E-state index is 0.0772. The van der Waals surface area contributed by atoms with E-state index in [-0.39, 0.29) is 11.7 Å². The van der Waals surface area contributed by atoms with Gasteiger partial charge in [-0.05, 0) is 45.0 Å². The monoisotopic (exact) mass is 311 g/mol. The molecule has 1 aromatic carbocycles. The summed E-state index contributed by atoms with van der Waals surface area (Å²) in [5, 5.41) is 8.94. The molecule has 0 bridgehead atoms. The zero-order valence-corrected chi connectivity index (χ0v) is 13.0. The van der Waals surface area contributed by atoms with E-state index in [1.54, 1.807) is 24.3 Å². The first-order valence-corrected chi connectivity index (χ1v) is 8.78. The Morgan fingerprint density at radius 2 is 1.81 bits per heavy atom. The first-order valence-electron chi connectivity index (χ1n) is 7.13. The Labute approximate surface area is 125 Å². The van der Waals surface area contributed by atoms with E-state index in [1.165, 1.54) is 0 Å². The molecule has 0 amide bonds. The van der Waals surface area contributed by atoms with E-state index in [4.69, 9.17) is 5.11 Å². The molecule has 0 saturated carbocycles. The Bertz CT molecular complexity index is 587. The van der Waals surface area contributed by atoms with Gasteiger partial charge in [0, 0.05) is 6.54 Å². The molecule has 5 nitrogen and oxygen atoms in total. The molecular weight excluding hydrogens is 290 g/mol. The number of aryl methyl sites for hydroxylation is 1. The van der Waals surface area contributed by atoms with Gasteiger partial charge in [0.25, 0.3) is 0 Å². The van der Waals surface area contributed by atoms with Crippen LogP contribution in [-0.4, -0.2) is 49.8 Å². The van der Waals surface area contributed by atoms with Gasteiger partial charge >= 0.3 is 5.97 Å². The average molecular weight is 311 g/mol. The summed E-state index contributed by atoms with van der Waals surface area (Å²) in [6.07, 6.45) is 1.19. The highest BCUT2D eigenvalue weighted by atomic mass is 32.2. The average Bonchev–Trinajstić information content (AvgIpc) is 2.46. The highest BCUT2D eigenvalue weighted by molar-refractivity contribution is 7.91. The van der Waals surface area contributed by atoms with Crippen molar-refractivity contribution in [3.05, 3.63) is 29.8 Å². The smallest absolute Gasteiger partial charge is 0.306 e. The Morgan fingerprint density at radius 1 is 1.24 bits per heavy atom. The Morgan fingerprint density at radius 3 is 2.33 bits per heavy atom. The van der Waals surface area contributed by atoms with Crippen LogP contribution in [0.3, 0.4) is 0 Å². The second-order valence-corrected chi connectivity index (χ2v) is 7.70. The largest absolute Gasteiger partial charge is 0.481 e. The number of hydrogen-bond acceptors (Lipinski definition) is 4. The summed E-state index contributed by atoms with van der Waals surface area (Å²) < 4.78 is 24.5. The van der Waals surface area contributed by atoms with E-state index >= 15 is 0 Å². The summed E-state index contributed by atoms with van der Waals surface area (Å²) in [5.74, 6) is -0.953. The van der Waals surface area contributed by atoms with Gasteiger partial charge in [0.1, 0.15) is 0 Å². The van der Waals surface area contributed by atoms with E-state index < -0.39 is 15.8 Å². The number of aliphatic carboxylic acids is 1. The zero-order chi connectivity index (χ0) is 15.5. The third-order valence-electron chi connectivity index (χ3n) is 3.99. The van der Waals surface area contributed by atoms with Crippen molar-refractivity contribution in [2.75, 3.05) is 25.4 Å². The molecule has 1 fully saturated rings. The summed E-state index contributed by atoms with van der Waals surface area (Å²) in [4.78, 5) is 13.3. The molecule has 1 aliphatic heterocycles. The van der Waals surface area contributed by atoms with Crippen LogP contribution in [0.5, 0.6) is 0 Å². The summed E-state index contributed by atoms with van der Waals surface area (Å²) in [6.45, 7) is 3.69. The molecule has 1 saturated heterocycles. The third-order valence-corrected chi connectivity index (χ3v) is 5.70. The van der Waals surface area contributed by atoms with Crippen LogP contribution in [0.2, 0.25) is 0 Å². The molecule has 1 aromatic rings.